The van der Waals surface area contributed by atoms with E-state index in [0.29, 0.717) is 6.42 Å². The normalized spacial score (nSPS) is 10.4. The number of aryl methyl sites for hydroxylation is 2. The van der Waals surface area contributed by atoms with Gasteiger partial charge in [0.25, 0.3) is 0 Å². The zero-order chi connectivity index (χ0) is 13.0. The Balaban J connectivity index is 2.94. The second kappa shape index (κ2) is 6.05. The zero-order valence-corrected chi connectivity index (χ0v) is 11.9. The maximum atomic E-state index is 10.5. The van der Waals surface area contributed by atoms with E-state index in [4.69, 9.17) is 9.84 Å². The van der Waals surface area contributed by atoms with E-state index in [-0.39, 0.29) is 6.42 Å². The van der Waals surface area contributed by atoms with Crippen LogP contribution in [-0.2, 0) is 11.2 Å². The molecule has 0 aromatic heterocycles. The number of aliphatic carboxylic acids is 1. The number of benzene rings is 1. The molecule has 0 fully saturated rings. The minimum absolute atomic E-state index is 0.192. The number of carbonyl (C=O) groups is 1. The second-order valence-corrected chi connectivity index (χ2v) is 4.87. The van der Waals surface area contributed by atoms with Crippen molar-refractivity contribution < 1.29 is 14.6 Å². The first kappa shape index (κ1) is 14.0. The molecule has 0 aliphatic rings. The largest absolute Gasteiger partial charge is 0.496 e. The lowest BCUT2D eigenvalue weighted by molar-refractivity contribution is -0.137. The summed E-state index contributed by atoms with van der Waals surface area (Å²) in [5.74, 6) is 0.0994. The number of carboxylic acids is 1. The average molecular weight is 301 g/mol. The minimum atomic E-state index is -0.755. The van der Waals surface area contributed by atoms with Crippen molar-refractivity contribution in [3.63, 3.8) is 0 Å². The molecule has 3 nitrogen and oxygen atoms in total. The van der Waals surface area contributed by atoms with Gasteiger partial charge in [0.15, 0.2) is 0 Å². The fraction of sp³-hybridized carbons (Fsp3) is 0.462. The van der Waals surface area contributed by atoms with Crippen LogP contribution in [0.2, 0.25) is 0 Å². The summed E-state index contributed by atoms with van der Waals surface area (Å²) in [6, 6.07) is 2.05. The van der Waals surface area contributed by atoms with Crippen molar-refractivity contribution in [1.82, 2.24) is 0 Å². The average Bonchev–Trinajstić information content (AvgIpc) is 2.26. The molecule has 0 aliphatic carbocycles. The van der Waals surface area contributed by atoms with Gasteiger partial charge < -0.3 is 9.84 Å². The Bertz CT molecular complexity index is 427. The van der Waals surface area contributed by atoms with E-state index in [1.54, 1.807) is 7.11 Å². The van der Waals surface area contributed by atoms with Crippen LogP contribution in [0, 0.1) is 13.8 Å². The first-order valence-electron chi connectivity index (χ1n) is 5.51. The molecule has 0 heterocycles. The maximum Gasteiger partial charge on any atom is 0.303 e. The Morgan fingerprint density at radius 2 is 2.12 bits per heavy atom. The van der Waals surface area contributed by atoms with E-state index < -0.39 is 5.97 Å². The number of rotatable bonds is 5. The van der Waals surface area contributed by atoms with Crippen LogP contribution in [0.3, 0.4) is 0 Å². The summed E-state index contributed by atoms with van der Waals surface area (Å²) in [5.41, 5.74) is 3.29. The predicted octanol–water partition coefficient (Wildman–Crippen LogP) is 3.48. The summed E-state index contributed by atoms with van der Waals surface area (Å²) in [7, 11) is 1.64. The molecule has 4 heteroatoms. The molecule has 0 unspecified atom stereocenters. The van der Waals surface area contributed by atoms with Crippen molar-refractivity contribution in [2.75, 3.05) is 7.11 Å². The van der Waals surface area contributed by atoms with E-state index >= 15 is 0 Å². The highest BCUT2D eigenvalue weighted by atomic mass is 79.9. The van der Waals surface area contributed by atoms with E-state index in [2.05, 4.69) is 22.0 Å². The van der Waals surface area contributed by atoms with Crippen LogP contribution >= 0.6 is 15.9 Å². The summed E-state index contributed by atoms with van der Waals surface area (Å²) in [5, 5.41) is 8.63. The SMILES string of the molecule is COc1c(CCCC(=O)O)cc(C)c(Br)c1C. The van der Waals surface area contributed by atoms with Crippen LogP contribution in [0.15, 0.2) is 10.5 Å². The molecule has 0 saturated heterocycles. The highest BCUT2D eigenvalue weighted by Gasteiger charge is 2.12. The molecule has 0 atom stereocenters. The standard InChI is InChI=1S/C13H17BrO3/c1-8-7-10(5-4-6-11(15)16)13(17-3)9(2)12(8)14/h7H,4-6H2,1-3H3,(H,15,16). The van der Waals surface area contributed by atoms with Crippen molar-refractivity contribution in [1.29, 1.82) is 0 Å². The van der Waals surface area contributed by atoms with Crippen LogP contribution < -0.4 is 4.74 Å². The first-order chi connectivity index (χ1) is 7.97. The summed E-state index contributed by atoms with van der Waals surface area (Å²) in [6.45, 7) is 4.02. The molecule has 0 bridgehead atoms. The van der Waals surface area contributed by atoms with Gasteiger partial charge in [-0.05, 0) is 37.8 Å². The molecule has 1 N–H and O–H groups in total. The van der Waals surface area contributed by atoms with Crippen molar-refractivity contribution >= 4 is 21.9 Å². The number of hydrogen-bond acceptors (Lipinski definition) is 2. The molecule has 0 amide bonds. The van der Waals surface area contributed by atoms with Crippen LogP contribution in [0.4, 0.5) is 0 Å². The molecule has 0 radical (unpaired) electrons. The van der Waals surface area contributed by atoms with Crippen LogP contribution in [-0.4, -0.2) is 18.2 Å². The highest BCUT2D eigenvalue weighted by Crippen LogP contribution is 2.33. The van der Waals surface area contributed by atoms with Gasteiger partial charge in [0.05, 0.1) is 7.11 Å². The predicted molar refractivity (Wildman–Crippen MR) is 70.7 cm³/mol. The highest BCUT2D eigenvalue weighted by molar-refractivity contribution is 9.10. The Kier molecular flexibility index (Phi) is 5.00. The fourth-order valence-corrected chi connectivity index (χ4v) is 2.22. The van der Waals surface area contributed by atoms with Gasteiger partial charge in [0.2, 0.25) is 0 Å². The maximum absolute atomic E-state index is 10.5. The van der Waals surface area contributed by atoms with Gasteiger partial charge in [0, 0.05) is 16.5 Å². The van der Waals surface area contributed by atoms with Gasteiger partial charge in [-0.15, -0.1) is 0 Å². The summed E-state index contributed by atoms with van der Waals surface area (Å²) in [4.78, 5) is 10.5. The molecule has 1 rings (SSSR count). The molecular weight excluding hydrogens is 284 g/mol. The second-order valence-electron chi connectivity index (χ2n) is 4.07. The number of methoxy groups -OCH3 is 1. The number of halogens is 1. The van der Waals surface area contributed by atoms with Gasteiger partial charge in [-0.2, -0.15) is 0 Å². The molecule has 0 aliphatic heterocycles. The summed E-state index contributed by atoms with van der Waals surface area (Å²) >= 11 is 3.52. The molecule has 0 spiro atoms. The topological polar surface area (TPSA) is 46.5 Å². The van der Waals surface area contributed by atoms with Gasteiger partial charge in [-0.25, -0.2) is 0 Å². The van der Waals surface area contributed by atoms with E-state index in [0.717, 1.165) is 33.3 Å². The first-order valence-corrected chi connectivity index (χ1v) is 6.31. The van der Waals surface area contributed by atoms with E-state index in [1.807, 2.05) is 13.8 Å². The summed E-state index contributed by atoms with van der Waals surface area (Å²) in [6.07, 6.45) is 1.55. The lowest BCUT2D eigenvalue weighted by Gasteiger charge is -2.14. The Hall–Kier alpha value is -1.03. The van der Waals surface area contributed by atoms with Crippen molar-refractivity contribution in [3.8, 4) is 5.75 Å². The van der Waals surface area contributed by atoms with E-state index in [1.165, 1.54) is 0 Å². The number of ether oxygens (including phenoxy) is 1. The van der Waals surface area contributed by atoms with Crippen molar-refractivity contribution in [2.24, 2.45) is 0 Å². The Labute approximate surface area is 110 Å². The molecule has 1 aromatic rings. The van der Waals surface area contributed by atoms with Gasteiger partial charge >= 0.3 is 5.97 Å². The lowest BCUT2D eigenvalue weighted by atomic mass is 10.0. The molecule has 1 aromatic carbocycles. The Morgan fingerprint density at radius 1 is 1.47 bits per heavy atom. The van der Waals surface area contributed by atoms with Gasteiger partial charge in [-0.1, -0.05) is 22.0 Å². The quantitative estimate of drug-likeness (QED) is 0.905. The van der Waals surface area contributed by atoms with Crippen LogP contribution in [0.5, 0.6) is 5.75 Å². The third-order valence-corrected chi connectivity index (χ3v) is 3.96. The zero-order valence-electron chi connectivity index (χ0n) is 10.3. The smallest absolute Gasteiger partial charge is 0.303 e. The van der Waals surface area contributed by atoms with Crippen LogP contribution in [0.1, 0.15) is 29.5 Å². The summed E-state index contributed by atoms with van der Waals surface area (Å²) < 4.78 is 6.44. The Morgan fingerprint density at radius 3 is 2.65 bits per heavy atom. The lowest BCUT2D eigenvalue weighted by Crippen LogP contribution is -2.00. The van der Waals surface area contributed by atoms with E-state index in [9.17, 15) is 4.79 Å². The third-order valence-electron chi connectivity index (χ3n) is 2.74. The molecule has 17 heavy (non-hydrogen) atoms. The third kappa shape index (κ3) is 3.46. The van der Waals surface area contributed by atoms with Crippen LogP contribution in [0.25, 0.3) is 0 Å². The van der Waals surface area contributed by atoms with Crippen molar-refractivity contribution in [2.45, 2.75) is 33.1 Å². The van der Waals surface area contributed by atoms with Crippen molar-refractivity contribution in [3.05, 3.63) is 27.2 Å². The fourth-order valence-electron chi connectivity index (χ4n) is 1.93. The number of hydrogen-bond donors (Lipinski definition) is 1. The van der Waals surface area contributed by atoms with Gasteiger partial charge in [0.1, 0.15) is 5.75 Å². The van der Waals surface area contributed by atoms with Gasteiger partial charge in [-0.3, -0.25) is 4.79 Å². The molecule has 94 valence electrons. The number of carboxylic acid groups (broad SMARTS) is 1. The minimum Gasteiger partial charge on any atom is -0.496 e. The monoisotopic (exact) mass is 300 g/mol. The molecule has 0 saturated carbocycles. The molecular formula is C13H17BrO3.